The molecular weight excluding hydrogens is 286 g/mol. The van der Waals surface area contributed by atoms with Crippen LogP contribution in [0.4, 0.5) is 0 Å². The molecule has 1 N–H and O–H groups in total. The van der Waals surface area contributed by atoms with E-state index in [-0.39, 0.29) is 5.91 Å². The number of benzene rings is 1. The topological polar surface area (TPSA) is 49.0 Å². The third-order valence-electron chi connectivity index (χ3n) is 5.08. The second kappa shape index (κ2) is 6.57. The molecule has 1 amide bonds. The zero-order valence-electron chi connectivity index (χ0n) is 14.2. The lowest BCUT2D eigenvalue weighted by atomic mass is 9.97. The van der Waals surface area contributed by atoms with Gasteiger partial charge >= 0.3 is 0 Å². The predicted octanol–water partition coefficient (Wildman–Crippen LogP) is 3.15. The van der Waals surface area contributed by atoms with E-state index in [1.54, 1.807) is 0 Å². The minimum Gasteiger partial charge on any atom is -0.345 e. The number of carbonyl (C=O) groups is 1. The number of aromatic nitrogens is 2. The minimum atomic E-state index is 0.241. The molecule has 122 valence electrons. The van der Waals surface area contributed by atoms with Gasteiger partial charge in [-0.15, -0.1) is 0 Å². The van der Waals surface area contributed by atoms with Crippen LogP contribution in [-0.4, -0.2) is 34.6 Å². The number of hydrogen-bond acceptors (Lipinski definition) is 2. The summed E-state index contributed by atoms with van der Waals surface area (Å²) in [4.78, 5) is 14.4. The average molecular weight is 311 g/mol. The maximum absolute atomic E-state index is 12.5. The van der Waals surface area contributed by atoms with Crippen LogP contribution in [0.5, 0.6) is 0 Å². The molecule has 0 saturated carbocycles. The summed E-state index contributed by atoms with van der Waals surface area (Å²) >= 11 is 0. The zero-order chi connectivity index (χ0) is 16.4. The van der Waals surface area contributed by atoms with E-state index in [4.69, 9.17) is 0 Å². The van der Waals surface area contributed by atoms with Gasteiger partial charge in [0.2, 0.25) is 5.91 Å². The van der Waals surface area contributed by atoms with Crippen molar-refractivity contribution in [3.05, 3.63) is 52.3 Å². The summed E-state index contributed by atoms with van der Waals surface area (Å²) in [7, 11) is 1.91. The number of aromatic amines is 1. The number of carbonyl (C=O) groups excluding carboxylic acids is 1. The first-order chi connectivity index (χ1) is 11.1. The molecule has 0 fully saturated rings. The summed E-state index contributed by atoms with van der Waals surface area (Å²) in [6.07, 6.45) is 3.68. The Morgan fingerprint density at radius 2 is 2.13 bits per heavy atom. The van der Waals surface area contributed by atoms with Crippen LogP contribution in [0.2, 0.25) is 0 Å². The number of nitrogens with zero attached hydrogens (tertiary/aromatic N) is 2. The Balaban J connectivity index is 1.56. The fourth-order valence-electron chi connectivity index (χ4n) is 3.57. The molecule has 0 aliphatic heterocycles. The first-order valence-electron chi connectivity index (χ1n) is 8.38. The monoisotopic (exact) mass is 311 g/mol. The molecule has 0 spiro atoms. The van der Waals surface area contributed by atoms with Gasteiger partial charge in [0, 0.05) is 25.7 Å². The molecule has 1 aliphatic carbocycles. The summed E-state index contributed by atoms with van der Waals surface area (Å²) < 4.78 is 0. The number of hydrogen-bond donors (Lipinski definition) is 1. The molecule has 1 atom stereocenters. The largest absolute Gasteiger partial charge is 0.345 e. The second-order valence-electron chi connectivity index (χ2n) is 6.62. The summed E-state index contributed by atoms with van der Waals surface area (Å²) in [5, 5.41) is 7.22. The van der Waals surface area contributed by atoms with Crippen molar-refractivity contribution >= 4 is 5.91 Å². The second-order valence-corrected chi connectivity index (χ2v) is 6.62. The molecule has 1 aromatic heterocycles. The molecular formula is C19H25N3O. The number of H-pyrrole nitrogens is 1. The van der Waals surface area contributed by atoms with Crippen LogP contribution in [0, 0.1) is 13.8 Å². The van der Waals surface area contributed by atoms with Gasteiger partial charge < -0.3 is 4.90 Å². The summed E-state index contributed by atoms with van der Waals surface area (Å²) in [5.41, 5.74) is 6.16. The van der Waals surface area contributed by atoms with Gasteiger partial charge in [-0.2, -0.15) is 5.10 Å². The van der Waals surface area contributed by atoms with Crippen molar-refractivity contribution in [3.63, 3.8) is 0 Å². The number of fused-ring (bicyclic) bond motifs is 1. The number of nitrogens with one attached hydrogen (secondary N) is 1. The molecule has 4 heteroatoms. The van der Waals surface area contributed by atoms with Crippen molar-refractivity contribution in [3.8, 4) is 0 Å². The maximum atomic E-state index is 12.5. The van der Waals surface area contributed by atoms with Crippen molar-refractivity contribution in [2.75, 3.05) is 13.6 Å². The lowest BCUT2D eigenvalue weighted by Gasteiger charge is -2.20. The van der Waals surface area contributed by atoms with E-state index in [0.29, 0.717) is 12.3 Å². The summed E-state index contributed by atoms with van der Waals surface area (Å²) in [6.45, 7) is 4.79. The lowest BCUT2D eigenvalue weighted by molar-refractivity contribution is -0.130. The molecule has 2 aromatic rings. The number of rotatable bonds is 5. The summed E-state index contributed by atoms with van der Waals surface area (Å²) in [5.74, 6) is 0.629. The van der Waals surface area contributed by atoms with Gasteiger partial charge in [0.1, 0.15) is 0 Å². The van der Waals surface area contributed by atoms with E-state index in [2.05, 4.69) is 34.5 Å². The van der Waals surface area contributed by atoms with E-state index in [1.165, 1.54) is 16.7 Å². The Morgan fingerprint density at radius 3 is 2.87 bits per heavy atom. The van der Waals surface area contributed by atoms with E-state index in [1.807, 2.05) is 25.8 Å². The standard InChI is InChI=1S/C19H25N3O/c1-13-17(14(2)21-20-13)10-11-22(3)19(23)12-16-9-8-15-6-4-5-7-18(15)16/h4-7,16H,8-12H2,1-3H3,(H,20,21). The Bertz CT molecular complexity index is 685. The maximum Gasteiger partial charge on any atom is 0.222 e. The molecule has 3 rings (SSSR count). The Morgan fingerprint density at radius 1 is 1.35 bits per heavy atom. The number of likely N-dealkylation sites (N-methyl/N-ethyl adjacent to an activating group) is 1. The molecule has 1 heterocycles. The lowest BCUT2D eigenvalue weighted by Crippen LogP contribution is -2.30. The summed E-state index contributed by atoms with van der Waals surface area (Å²) in [6, 6.07) is 8.53. The van der Waals surface area contributed by atoms with E-state index >= 15 is 0 Å². The van der Waals surface area contributed by atoms with Gasteiger partial charge in [0.15, 0.2) is 0 Å². The highest BCUT2D eigenvalue weighted by Gasteiger charge is 2.25. The number of amides is 1. The fourth-order valence-corrected chi connectivity index (χ4v) is 3.57. The van der Waals surface area contributed by atoms with Crippen molar-refractivity contribution in [2.45, 2.75) is 45.4 Å². The molecule has 0 radical (unpaired) electrons. The van der Waals surface area contributed by atoms with Gasteiger partial charge in [-0.25, -0.2) is 0 Å². The smallest absolute Gasteiger partial charge is 0.222 e. The molecule has 1 aromatic carbocycles. The van der Waals surface area contributed by atoms with Gasteiger partial charge in [-0.05, 0) is 55.7 Å². The average Bonchev–Trinajstić information content (AvgIpc) is 3.09. The van der Waals surface area contributed by atoms with Gasteiger partial charge in [0.25, 0.3) is 0 Å². The van der Waals surface area contributed by atoms with Crippen LogP contribution < -0.4 is 0 Å². The highest BCUT2D eigenvalue weighted by molar-refractivity contribution is 5.77. The first kappa shape index (κ1) is 15.8. The van der Waals surface area contributed by atoms with Gasteiger partial charge in [-0.1, -0.05) is 24.3 Å². The fraction of sp³-hybridized carbons (Fsp3) is 0.474. The molecule has 1 unspecified atom stereocenters. The van der Waals surface area contributed by atoms with Crippen LogP contribution in [0.15, 0.2) is 24.3 Å². The Kier molecular flexibility index (Phi) is 4.51. The van der Waals surface area contributed by atoms with Crippen LogP contribution in [0.1, 0.15) is 46.8 Å². The van der Waals surface area contributed by atoms with E-state index in [0.717, 1.165) is 37.2 Å². The molecule has 4 nitrogen and oxygen atoms in total. The van der Waals surface area contributed by atoms with Crippen LogP contribution in [0.3, 0.4) is 0 Å². The molecule has 0 bridgehead atoms. The molecule has 0 saturated heterocycles. The minimum absolute atomic E-state index is 0.241. The zero-order valence-corrected chi connectivity index (χ0v) is 14.2. The van der Waals surface area contributed by atoms with Crippen molar-refractivity contribution < 1.29 is 4.79 Å². The highest BCUT2D eigenvalue weighted by Crippen LogP contribution is 2.35. The van der Waals surface area contributed by atoms with Gasteiger partial charge in [0.05, 0.1) is 5.69 Å². The Hall–Kier alpha value is -2.10. The predicted molar refractivity (Wildman–Crippen MR) is 91.5 cm³/mol. The van der Waals surface area contributed by atoms with Crippen molar-refractivity contribution in [1.82, 2.24) is 15.1 Å². The van der Waals surface area contributed by atoms with E-state index < -0.39 is 0 Å². The quantitative estimate of drug-likeness (QED) is 0.922. The van der Waals surface area contributed by atoms with Gasteiger partial charge in [-0.3, -0.25) is 9.89 Å². The first-order valence-corrected chi connectivity index (χ1v) is 8.38. The highest BCUT2D eigenvalue weighted by atomic mass is 16.2. The third kappa shape index (κ3) is 3.31. The van der Waals surface area contributed by atoms with Crippen molar-refractivity contribution in [1.29, 1.82) is 0 Å². The SMILES string of the molecule is Cc1n[nH]c(C)c1CCN(C)C(=O)CC1CCc2ccccc21. The van der Waals surface area contributed by atoms with Crippen LogP contribution in [-0.2, 0) is 17.6 Å². The number of aryl methyl sites for hydroxylation is 3. The third-order valence-corrected chi connectivity index (χ3v) is 5.08. The molecule has 1 aliphatic rings. The van der Waals surface area contributed by atoms with Crippen LogP contribution >= 0.6 is 0 Å². The Labute approximate surface area is 137 Å². The molecule has 23 heavy (non-hydrogen) atoms. The normalized spacial score (nSPS) is 16.4. The van der Waals surface area contributed by atoms with E-state index in [9.17, 15) is 4.79 Å². The van der Waals surface area contributed by atoms with Crippen LogP contribution in [0.25, 0.3) is 0 Å². The van der Waals surface area contributed by atoms with Crippen molar-refractivity contribution in [2.24, 2.45) is 0 Å².